The van der Waals surface area contributed by atoms with Gasteiger partial charge in [0.1, 0.15) is 0 Å². The molecule has 4 nitrogen and oxygen atoms in total. The maximum atomic E-state index is 5.56. The molecule has 0 bridgehead atoms. The predicted molar refractivity (Wildman–Crippen MR) is 54.7 cm³/mol. The second-order valence-corrected chi connectivity index (χ2v) is 4.10. The molecule has 0 radical (unpaired) electrons. The maximum absolute atomic E-state index is 5.56. The molecule has 1 aromatic heterocycles. The van der Waals surface area contributed by atoms with Crippen LogP contribution in [-0.4, -0.2) is 21.5 Å². The Kier molecular flexibility index (Phi) is 3.14. The first kappa shape index (κ1) is 9.65. The molecule has 0 unspecified atom stereocenters. The molecule has 0 saturated heterocycles. The van der Waals surface area contributed by atoms with Crippen molar-refractivity contribution in [2.45, 2.75) is 38.1 Å². The van der Waals surface area contributed by atoms with Crippen molar-refractivity contribution in [3.05, 3.63) is 12.4 Å². The van der Waals surface area contributed by atoms with E-state index in [2.05, 4.69) is 10.2 Å². The highest BCUT2D eigenvalue weighted by molar-refractivity contribution is 4.76. The SMILES string of the molecule is NCCC1CCC(n2nccn2)CC1. The highest BCUT2D eigenvalue weighted by Crippen LogP contribution is 2.32. The monoisotopic (exact) mass is 194 g/mol. The fourth-order valence-electron chi connectivity index (χ4n) is 2.31. The van der Waals surface area contributed by atoms with Gasteiger partial charge in [-0.05, 0) is 44.6 Å². The molecule has 0 atom stereocenters. The van der Waals surface area contributed by atoms with Crippen LogP contribution in [0.1, 0.15) is 38.1 Å². The van der Waals surface area contributed by atoms with Crippen molar-refractivity contribution in [2.24, 2.45) is 11.7 Å². The van der Waals surface area contributed by atoms with Gasteiger partial charge in [-0.3, -0.25) is 0 Å². The quantitative estimate of drug-likeness (QED) is 0.790. The largest absolute Gasteiger partial charge is 0.330 e. The molecular weight excluding hydrogens is 176 g/mol. The molecule has 78 valence electrons. The van der Waals surface area contributed by atoms with Gasteiger partial charge in [0.2, 0.25) is 0 Å². The summed E-state index contributed by atoms with van der Waals surface area (Å²) in [7, 11) is 0. The third kappa shape index (κ3) is 2.12. The van der Waals surface area contributed by atoms with Gasteiger partial charge >= 0.3 is 0 Å². The van der Waals surface area contributed by atoms with Crippen LogP contribution in [0.15, 0.2) is 12.4 Å². The van der Waals surface area contributed by atoms with E-state index in [1.165, 1.54) is 32.1 Å². The molecule has 1 aromatic rings. The van der Waals surface area contributed by atoms with E-state index in [9.17, 15) is 0 Å². The van der Waals surface area contributed by atoms with E-state index in [0.717, 1.165) is 12.5 Å². The van der Waals surface area contributed by atoms with Crippen molar-refractivity contribution in [3.63, 3.8) is 0 Å². The van der Waals surface area contributed by atoms with Crippen LogP contribution in [0, 0.1) is 5.92 Å². The van der Waals surface area contributed by atoms with E-state index in [1.54, 1.807) is 12.4 Å². The van der Waals surface area contributed by atoms with Crippen LogP contribution in [0.25, 0.3) is 0 Å². The summed E-state index contributed by atoms with van der Waals surface area (Å²) in [6, 6.07) is 0.527. The van der Waals surface area contributed by atoms with Gasteiger partial charge < -0.3 is 5.73 Å². The Labute approximate surface area is 84.5 Å². The van der Waals surface area contributed by atoms with Gasteiger partial charge in [-0.15, -0.1) is 0 Å². The van der Waals surface area contributed by atoms with Gasteiger partial charge in [0, 0.05) is 0 Å². The summed E-state index contributed by atoms with van der Waals surface area (Å²) in [5.74, 6) is 0.840. The maximum Gasteiger partial charge on any atom is 0.0716 e. The number of nitrogens with zero attached hydrogens (tertiary/aromatic N) is 3. The lowest BCUT2D eigenvalue weighted by Crippen LogP contribution is -2.21. The number of nitrogens with two attached hydrogens (primary N) is 1. The van der Waals surface area contributed by atoms with Crippen LogP contribution in [0.3, 0.4) is 0 Å². The molecule has 0 spiro atoms. The fourth-order valence-corrected chi connectivity index (χ4v) is 2.31. The molecule has 1 saturated carbocycles. The summed E-state index contributed by atoms with van der Waals surface area (Å²) in [5, 5.41) is 8.38. The van der Waals surface area contributed by atoms with Crippen LogP contribution in [0.4, 0.5) is 0 Å². The lowest BCUT2D eigenvalue weighted by Gasteiger charge is -2.27. The number of hydrogen-bond donors (Lipinski definition) is 1. The Bertz CT molecular complexity index is 249. The highest BCUT2D eigenvalue weighted by Gasteiger charge is 2.22. The Morgan fingerprint density at radius 2 is 1.79 bits per heavy atom. The summed E-state index contributed by atoms with van der Waals surface area (Å²) in [6.07, 6.45) is 9.67. The third-order valence-electron chi connectivity index (χ3n) is 3.15. The topological polar surface area (TPSA) is 56.7 Å². The Balaban J connectivity index is 1.84. The first-order valence-electron chi connectivity index (χ1n) is 5.46. The molecule has 14 heavy (non-hydrogen) atoms. The minimum atomic E-state index is 0.527. The van der Waals surface area contributed by atoms with Crippen LogP contribution in [-0.2, 0) is 0 Å². The van der Waals surface area contributed by atoms with Gasteiger partial charge in [-0.25, -0.2) is 0 Å². The molecule has 1 fully saturated rings. The minimum Gasteiger partial charge on any atom is -0.330 e. The number of hydrogen-bond acceptors (Lipinski definition) is 3. The lowest BCUT2D eigenvalue weighted by molar-refractivity contribution is 0.237. The molecule has 1 aliphatic carbocycles. The molecule has 2 N–H and O–H groups in total. The fraction of sp³-hybridized carbons (Fsp3) is 0.800. The minimum absolute atomic E-state index is 0.527. The van der Waals surface area contributed by atoms with Gasteiger partial charge in [-0.1, -0.05) is 0 Å². The van der Waals surface area contributed by atoms with Gasteiger partial charge in [0.05, 0.1) is 18.4 Å². The van der Waals surface area contributed by atoms with Gasteiger partial charge in [0.15, 0.2) is 0 Å². The normalized spacial score (nSPS) is 27.8. The van der Waals surface area contributed by atoms with Crippen molar-refractivity contribution in [1.29, 1.82) is 0 Å². The van der Waals surface area contributed by atoms with E-state index >= 15 is 0 Å². The standard InChI is InChI=1S/C10H18N4/c11-6-5-9-1-3-10(4-2-9)14-12-7-8-13-14/h7-10H,1-6,11H2. The first-order valence-corrected chi connectivity index (χ1v) is 5.46. The second kappa shape index (κ2) is 4.55. The molecule has 1 aliphatic rings. The van der Waals surface area contributed by atoms with E-state index in [4.69, 9.17) is 5.73 Å². The summed E-state index contributed by atoms with van der Waals surface area (Å²) < 4.78 is 0. The summed E-state index contributed by atoms with van der Waals surface area (Å²) >= 11 is 0. The van der Waals surface area contributed by atoms with Crippen molar-refractivity contribution < 1.29 is 0 Å². The third-order valence-corrected chi connectivity index (χ3v) is 3.15. The Morgan fingerprint density at radius 1 is 1.14 bits per heavy atom. The van der Waals surface area contributed by atoms with Crippen molar-refractivity contribution >= 4 is 0 Å². The van der Waals surface area contributed by atoms with Crippen molar-refractivity contribution in [2.75, 3.05) is 6.54 Å². The average Bonchev–Trinajstić information content (AvgIpc) is 2.72. The summed E-state index contributed by atoms with van der Waals surface area (Å²) in [5.41, 5.74) is 5.56. The van der Waals surface area contributed by atoms with Crippen molar-refractivity contribution in [3.8, 4) is 0 Å². The smallest absolute Gasteiger partial charge is 0.0716 e. The molecule has 0 amide bonds. The molecule has 0 aliphatic heterocycles. The van der Waals surface area contributed by atoms with E-state index < -0.39 is 0 Å². The zero-order valence-electron chi connectivity index (χ0n) is 8.47. The number of rotatable bonds is 3. The van der Waals surface area contributed by atoms with Gasteiger partial charge in [-0.2, -0.15) is 15.0 Å². The summed E-state index contributed by atoms with van der Waals surface area (Å²) in [4.78, 5) is 1.86. The predicted octanol–water partition coefficient (Wildman–Crippen LogP) is 1.36. The van der Waals surface area contributed by atoms with Gasteiger partial charge in [0.25, 0.3) is 0 Å². The average molecular weight is 194 g/mol. The highest BCUT2D eigenvalue weighted by atomic mass is 15.5. The van der Waals surface area contributed by atoms with Crippen LogP contribution >= 0.6 is 0 Å². The zero-order valence-corrected chi connectivity index (χ0v) is 8.47. The molecule has 4 heteroatoms. The molecule has 0 aromatic carbocycles. The van der Waals surface area contributed by atoms with Crippen LogP contribution in [0.2, 0.25) is 0 Å². The van der Waals surface area contributed by atoms with E-state index in [0.29, 0.717) is 6.04 Å². The van der Waals surface area contributed by atoms with E-state index in [1.807, 2.05) is 4.80 Å². The molecule has 1 heterocycles. The summed E-state index contributed by atoms with van der Waals surface area (Å²) in [6.45, 7) is 0.829. The lowest BCUT2D eigenvalue weighted by atomic mass is 9.84. The first-order chi connectivity index (χ1) is 6.90. The van der Waals surface area contributed by atoms with Crippen LogP contribution in [0.5, 0.6) is 0 Å². The van der Waals surface area contributed by atoms with E-state index in [-0.39, 0.29) is 0 Å². The second-order valence-electron chi connectivity index (χ2n) is 4.10. The zero-order chi connectivity index (χ0) is 9.80. The number of aromatic nitrogens is 3. The molecular formula is C10H18N4. The molecule has 2 rings (SSSR count). The van der Waals surface area contributed by atoms with Crippen molar-refractivity contribution in [1.82, 2.24) is 15.0 Å². The van der Waals surface area contributed by atoms with Crippen LogP contribution < -0.4 is 5.73 Å². The Hall–Kier alpha value is -0.900. The Morgan fingerprint density at radius 3 is 2.36 bits per heavy atom.